The fraction of sp³-hybridized carbons (Fsp3) is 0.353. The monoisotopic (exact) mass is 300 g/mol. The number of carbonyl (C=O) groups is 1. The Morgan fingerprint density at radius 1 is 1.32 bits per heavy atom. The van der Waals surface area contributed by atoms with Crippen LogP contribution >= 0.6 is 0 Å². The van der Waals surface area contributed by atoms with Gasteiger partial charge in [-0.25, -0.2) is 9.78 Å². The zero-order valence-corrected chi connectivity index (χ0v) is 12.8. The number of aliphatic imine (C=N–C) groups is 1. The second kappa shape index (κ2) is 7.66. The van der Waals surface area contributed by atoms with Crippen LogP contribution in [0.2, 0.25) is 0 Å². The third-order valence-corrected chi connectivity index (χ3v) is 3.31. The van der Waals surface area contributed by atoms with E-state index in [0.29, 0.717) is 12.1 Å². The minimum atomic E-state index is -0.570. The molecule has 116 valence electrons. The number of pyridine rings is 1. The van der Waals surface area contributed by atoms with Gasteiger partial charge >= 0.3 is 5.97 Å². The zero-order chi connectivity index (χ0) is 15.9. The summed E-state index contributed by atoms with van der Waals surface area (Å²) in [7, 11) is 0. The van der Waals surface area contributed by atoms with E-state index >= 15 is 0 Å². The molecule has 0 aliphatic heterocycles. The number of aromatic nitrogens is 1. The summed E-state index contributed by atoms with van der Waals surface area (Å²) in [6, 6.07) is 11.2. The Kier molecular flexibility index (Phi) is 5.61. The molecule has 0 spiro atoms. The lowest BCUT2D eigenvalue weighted by Gasteiger charge is -2.11. The van der Waals surface area contributed by atoms with Gasteiger partial charge in [0.2, 0.25) is 0 Å². The number of fused-ring (bicyclic) bond motifs is 1. The van der Waals surface area contributed by atoms with Crippen LogP contribution in [0.3, 0.4) is 0 Å². The van der Waals surface area contributed by atoms with Crippen LogP contribution in [-0.2, 0) is 9.53 Å². The molecule has 1 aromatic heterocycles. The van der Waals surface area contributed by atoms with E-state index in [0.717, 1.165) is 16.6 Å². The SMILES string of the molecule is CC[C@@H](/N=C(\C)c1ccc2ccccc2n1)C(=O)OCCO. The fourth-order valence-corrected chi connectivity index (χ4v) is 2.12. The van der Waals surface area contributed by atoms with Gasteiger partial charge in [-0.2, -0.15) is 0 Å². The molecule has 0 amide bonds. The molecule has 0 aliphatic carbocycles. The molecule has 0 saturated carbocycles. The highest BCUT2D eigenvalue weighted by molar-refractivity contribution is 6.00. The number of esters is 1. The Hall–Kier alpha value is -2.27. The van der Waals surface area contributed by atoms with Crippen molar-refractivity contribution in [3.8, 4) is 0 Å². The van der Waals surface area contributed by atoms with Crippen molar-refractivity contribution >= 4 is 22.6 Å². The van der Waals surface area contributed by atoms with E-state index in [4.69, 9.17) is 9.84 Å². The van der Waals surface area contributed by atoms with Crippen molar-refractivity contribution in [3.05, 3.63) is 42.1 Å². The molecule has 0 fully saturated rings. The smallest absolute Gasteiger partial charge is 0.330 e. The minimum absolute atomic E-state index is 0.00186. The summed E-state index contributed by atoms with van der Waals surface area (Å²) in [6.07, 6.45) is 0.537. The van der Waals surface area contributed by atoms with Gasteiger partial charge in [-0.3, -0.25) is 4.99 Å². The van der Waals surface area contributed by atoms with E-state index in [1.54, 1.807) is 0 Å². The van der Waals surface area contributed by atoms with Crippen molar-refractivity contribution in [1.29, 1.82) is 0 Å². The lowest BCUT2D eigenvalue weighted by Crippen LogP contribution is -2.23. The molecule has 5 heteroatoms. The standard InChI is InChI=1S/C17H20N2O3/c1-3-14(17(21)22-11-10-20)18-12(2)15-9-8-13-6-4-5-7-16(13)19-15/h4-9,14,20H,3,10-11H2,1-2H3/b18-12+/t14-/m1/s1. The molecule has 0 aliphatic rings. The van der Waals surface area contributed by atoms with Crippen molar-refractivity contribution in [3.63, 3.8) is 0 Å². The molecule has 1 heterocycles. The van der Waals surface area contributed by atoms with Gasteiger partial charge in [-0.05, 0) is 25.5 Å². The summed E-state index contributed by atoms with van der Waals surface area (Å²) >= 11 is 0. The number of hydrogen-bond donors (Lipinski definition) is 1. The molecule has 0 bridgehead atoms. The van der Waals surface area contributed by atoms with Crippen LogP contribution in [0.5, 0.6) is 0 Å². The van der Waals surface area contributed by atoms with Crippen molar-refractivity contribution in [2.24, 2.45) is 4.99 Å². The van der Waals surface area contributed by atoms with Crippen molar-refractivity contribution in [1.82, 2.24) is 4.98 Å². The van der Waals surface area contributed by atoms with E-state index < -0.39 is 12.0 Å². The van der Waals surface area contributed by atoms with Crippen molar-refractivity contribution in [2.75, 3.05) is 13.2 Å². The molecule has 1 N–H and O–H groups in total. The molecular weight excluding hydrogens is 280 g/mol. The van der Waals surface area contributed by atoms with Crippen LogP contribution < -0.4 is 0 Å². The molecule has 2 rings (SSSR count). The fourth-order valence-electron chi connectivity index (χ4n) is 2.12. The maximum Gasteiger partial charge on any atom is 0.330 e. The third kappa shape index (κ3) is 3.89. The second-order valence-electron chi connectivity index (χ2n) is 4.92. The summed E-state index contributed by atoms with van der Waals surface area (Å²) in [5, 5.41) is 9.77. The summed E-state index contributed by atoms with van der Waals surface area (Å²) in [6.45, 7) is 3.52. The van der Waals surface area contributed by atoms with Crippen LogP contribution in [0, 0.1) is 0 Å². The third-order valence-electron chi connectivity index (χ3n) is 3.31. The number of ether oxygens (including phenoxy) is 1. The van der Waals surface area contributed by atoms with Crippen LogP contribution in [0.15, 0.2) is 41.4 Å². The first-order chi connectivity index (χ1) is 10.7. The first kappa shape index (κ1) is 16.1. The highest BCUT2D eigenvalue weighted by atomic mass is 16.5. The Labute approximate surface area is 129 Å². The summed E-state index contributed by atoms with van der Waals surface area (Å²) in [4.78, 5) is 20.8. The topological polar surface area (TPSA) is 71.8 Å². The minimum Gasteiger partial charge on any atom is -0.462 e. The summed E-state index contributed by atoms with van der Waals surface area (Å²) < 4.78 is 4.93. The van der Waals surface area contributed by atoms with Gasteiger partial charge in [0.15, 0.2) is 0 Å². The Morgan fingerprint density at radius 2 is 2.09 bits per heavy atom. The number of rotatable bonds is 6. The number of aliphatic hydroxyl groups excluding tert-OH is 1. The maximum atomic E-state index is 11.9. The van der Waals surface area contributed by atoms with Gasteiger partial charge in [-0.1, -0.05) is 31.2 Å². The predicted molar refractivity (Wildman–Crippen MR) is 86.1 cm³/mol. The lowest BCUT2D eigenvalue weighted by molar-refractivity contribution is -0.146. The number of carbonyl (C=O) groups excluding carboxylic acids is 1. The molecule has 1 atom stereocenters. The van der Waals surface area contributed by atoms with E-state index in [9.17, 15) is 4.79 Å². The molecule has 0 radical (unpaired) electrons. The summed E-state index contributed by atoms with van der Waals surface area (Å²) in [5.41, 5.74) is 2.33. The normalized spacial score (nSPS) is 13.1. The average molecular weight is 300 g/mol. The molecule has 5 nitrogen and oxygen atoms in total. The molecule has 0 unspecified atom stereocenters. The first-order valence-corrected chi connectivity index (χ1v) is 7.33. The molecule has 0 saturated heterocycles. The quantitative estimate of drug-likeness (QED) is 0.656. The highest BCUT2D eigenvalue weighted by Gasteiger charge is 2.17. The largest absolute Gasteiger partial charge is 0.462 e. The van der Waals surface area contributed by atoms with Gasteiger partial charge in [0.05, 0.1) is 23.5 Å². The van der Waals surface area contributed by atoms with Gasteiger partial charge in [0.1, 0.15) is 12.6 Å². The van der Waals surface area contributed by atoms with Gasteiger partial charge in [-0.15, -0.1) is 0 Å². The number of benzene rings is 1. The molecular formula is C17H20N2O3. The second-order valence-corrected chi connectivity index (χ2v) is 4.92. The Balaban J connectivity index is 2.22. The Bertz CT molecular complexity index is 682. The van der Waals surface area contributed by atoms with E-state index in [1.165, 1.54) is 0 Å². The van der Waals surface area contributed by atoms with Crippen molar-refractivity contribution < 1.29 is 14.6 Å². The average Bonchev–Trinajstić information content (AvgIpc) is 2.56. The van der Waals surface area contributed by atoms with Gasteiger partial charge < -0.3 is 9.84 Å². The number of hydrogen-bond acceptors (Lipinski definition) is 5. The van der Waals surface area contributed by atoms with Crippen LogP contribution in [0.25, 0.3) is 10.9 Å². The maximum absolute atomic E-state index is 11.9. The van der Waals surface area contributed by atoms with Crippen LogP contribution in [0.4, 0.5) is 0 Å². The van der Waals surface area contributed by atoms with E-state index in [-0.39, 0.29) is 13.2 Å². The van der Waals surface area contributed by atoms with Crippen LogP contribution in [-0.4, -0.2) is 41.0 Å². The zero-order valence-electron chi connectivity index (χ0n) is 12.8. The summed E-state index contributed by atoms with van der Waals surface area (Å²) in [5.74, 6) is -0.420. The number of para-hydroxylation sites is 1. The van der Waals surface area contributed by atoms with E-state index in [2.05, 4.69) is 9.98 Å². The molecule has 1 aromatic carbocycles. The molecule has 22 heavy (non-hydrogen) atoms. The van der Waals surface area contributed by atoms with Crippen LogP contribution in [0.1, 0.15) is 26.0 Å². The van der Waals surface area contributed by atoms with Gasteiger partial charge in [0, 0.05) is 5.39 Å². The highest BCUT2D eigenvalue weighted by Crippen LogP contribution is 2.13. The van der Waals surface area contributed by atoms with E-state index in [1.807, 2.05) is 50.2 Å². The lowest BCUT2D eigenvalue weighted by atomic mass is 10.1. The first-order valence-electron chi connectivity index (χ1n) is 7.33. The van der Waals surface area contributed by atoms with Gasteiger partial charge in [0.25, 0.3) is 0 Å². The molecule has 2 aromatic rings. The number of nitrogens with zero attached hydrogens (tertiary/aromatic N) is 2. The van der Waals surface area contributed by atoms with Crippen molar-refractivity contribution in [2.45, 2.75) is 26.3 Å². The predicted octanol–water partition coefficient (Wildman–Crippen LogP) is 2.36. The number of aliphatic hydroxyl groups is 1. The Morgan fingerprint density at radius 3 is 2.82 bits per heavy atom.